The standard InChI is InChI=1S/C18H28N2O3/c1-18(2,3)20(17(22)23)13-15-5-4-10-19(12-15)11-14-6-8-16(21)9-7-14/h6-9,15,21H,4-5,10-13H2,1-3H3,(H,22,23). The summed E-state index contributed by atoms with van der Waals surface area (Å²) in [5, 5.41) is 18.8. The van der Waals surface area contributed by atoms with Gasteiger partial charge in [0, 0.05) is 25.2 Å². The molecule has 23 heavy (non-hydrogen) atoms. The van der Waals surface area contributed by atoms with E-state index in [1.54, 1.807) is 17.0 Å². The molecule has 1 amide bonds. The van der Waals surface area contributed by atoms with Crippen LogP contribution in [0, 0.1) is 5.92 Å². The third kappa shape index (κ3) is 5.13. The number of carboxylic acid groups (broad SMARTS) is 1. The van der Waals surface area contributed by atoms with Gasteiger partial charge in [-0.3, -0.25) is 4.90 Å². The molecule has 0 aliphatic carbocycles. The molecule has 5 nitrogen and oxygen atoms in total. The van der Waals surface area contributed by atoms with Crippen molar-refractivity contribution >= 4 is 6.09 Å². The van der Waals surface area contributed by atoms with Gasteiger partial charge in [-0.15, -0.1) is 0 Å². The van der Waals surface area contributed by atoms with E-state index < -0.39 is 6.09 Å². The summed E-state index contributed by atoms with van der Waals surface area (Å²) in [6.45, 7) is 9.22. The quantitative estimate of drug-likeness (QED) is 0.892. The Balaban J connectivity index is 1.94. The fraction of sp³-hybridized carbons (Fsp3) is 0.611. The molecule has 1 unspecified atom stereocenters. The van der Waals surface area contributed by atoms with Crippen molar-refractivity contribution in [3.63, 3.8) is 0 Å². The first kappa shape index (κ1) is 17.6. The zero-order valence-corrected chi connectivity index (χ0v) is 14.3. The first-order chi connectivity index (χ1) is 10.8. The molecule has 1 atom stereocenters. The maximum Gasteiger partial charge on any atom is 0.407 e. The molecule has 1 fully saturated rings. The molecule has 0 radical (unpaired) electrons. The number of nitrogens with zero attached hydrogens (tertiary/aromatic N) is 2. The lowest BCUT2D eigenvalue weighted by atomic mass is 9.95. The summed E-state index contributed by atoms with van der Waals surface area (Å²) in [4.78, 5) is 15.4. The number of hydrogen-bond donors (Lipinski definition) is 2. The summed E-state index contributed by atoms with van der Waals surface area (Å²) >= 11 is 0. The molecule has 1 aliphatic rings. The van der Waals surface area contributed by atoms with E-state index in [1.807, 2.05) is 32.9 Å². The predicted octanol–water partition coefficient (Wildman–Crippen LogP) is 3.38. The smallest absolute Gasteiger partial charge is 0.407 e. The average molecular weight is 320 g/mol. The highest BCUT2D eigenvalue weighted by Gasteiger charge is 2.30. The van der Waals surface area contributed by atoms with Crippen LogP contribution in [-0.4, -0.2) is 51.3 Å². The van der Waals surface area contributed by atoms with E-state index in [4.69, 9.17) is 0 Å². The van der Waals surface area contributed by atoms with Crippen LogP contribution in [0.1, 0.15) is 39.2 Å². The van der Waals surface area contributed by atoms with Gasteiger partial charge in [0.05, 0.1) is 0 Å². The van der Waals surface area contributed by atoms with Crippen molar-refractivity contribution in [3.8, 4) is 5.75 Å². The Morgan fingerprint density at radius 2 is 1.96 bits per heavy atom. The Kier molecular flexibility index (Phi) is 5.52. The number of hydrogen-bond acceptors (Lipinski definition) is 3. The second kappa shape index (κ2) is 7.21. The normalized spacial score (nSPS) is 19.5. The van der Waals surface area contributed by atoms with E-state index in [2.05, 4.69) is 4.90 Å². The molecule has 1 saturated heterocycles. The number of phenolic OH excluding ortho intramolecular Hbond substituents is 1. The summed E-state index contributed by atoms with van der Waals surface area (Å²) in [6, 6.07) is 7.31. The summed E-state index contributed by atoms with van der Waals surface area (Å²) in [5.74, 6) is 0.656. The van der Waals surface area contributed by atoms with E-state index in [9.17, 15) is 15.0 Å². The fourth-order valence-corrected chi connectivity index (χ4v) is 3.20. The van der Waals surface area contributed by atoms with Crippen LogP contribution in [0.3, 0.4) is 0 Å². The van der Waals surface area contributed by atoms with Gasteiger partial charge in [0.15, 0.2) is 0 Å². The molecular weight excluding hydrogens is 292 g/mol. The second-order valence-corrected chi connectivity index (χ2v) is 7.47. The van der Waals surface area contributed by atoms with Gasteiger partial charge in [-0.2, -0.15) is 0 Å². The van der Waals surface area contributed by atoms with Gasteiger partial charge in [-0.25, -0.2) is 4.79 Å². The Morgan fingerprint density at radius 3 is 2.52 bits per heavy atom. The number of rotatable bonds is 4. The third-order valence-electron chi connectivity index (χ3n) is 4.43. The summed E-state index contributed by atoms with van der Waals surface area (Å²) in [7, 11) is 0. The summed E-state index contributed by atoms with van der Waals surface area (Å²) in [5.41, 5.74) is 0.805. The molecule has 2 rings (SSSR count). The maximum atomic E-state index is 11.5. The highest BCUT2D eigenvalue weighted by molar-refractivity contribution is 5.66. The molecular formula is C18H28N2O3. The summed E-state index contributed by atoms with van der Waals surface area (Å²) < 4.78 is 0. The number of piperidine rings is 1. The monoisotopic (exact) mass is 320 g/mol. The van der Waals surface area contributed by atoms with Crippen LogP contribution in [-0.2, 0) is 6.54 Å². The van der Waals surface area contributed by atoms with Gasteiger partial charge in [0.2, 0.25) is 0 Å². The van der Waals surface area contributed by atoms with E-state index >= 15 is 0 Å². The van der Waals surface area contributed by atoms with E-state index in [0.29, 0.717) is 12.5 Å². The van der Waals surface area contributed by atoms with E-state index in [1.165, 1.54) is 5.56 Å². The van der Waals surface area contributed by atoms with Crippen LogP contribution >= 0.6 is 0 Å². The molecule has 1 aromatic rings. The Bertz CT molecular complexity index is 522. The largest absolute Gasteiger partial charge is 0.508 e. The highest BCUT2D eigenvalue weighted by Crippen LogP contribution is 2.23. The van der Waals surface area contributed by atoms with Crippen molar-refractivity contribution < 1.29 is 15.0 Å². The lowest BCUT2D eigenvalue weighted by Gasteiger charge is -2.39. The Hall–Kier alpha value is -1.75. The molecule has 2 N–H and O–H groups in total. The number of benzene rings is 1. The second-order valence-electron chi connectivity index (χ2n) is 7.47. The van der Waals surface area contributed by atoms with E-state index in [-0.39, 0.29) is 11.3 Å². The SMILES string of the molecule is CC(C)(C)N(CC1CCCN(Cc2ccc(O)cc2)C1)C(=O)O. The zero-order chi connectivity index (χ0) is 17.0. The van der Waals surface area contributed by atoms with Gasteiger partial charge < -0.3 is 15.1 Å². The average Bonchev–Trinajstić information content (AvgIpc) is 2.46. The van der Waals surface area contributed by atoms with Gasteiger partial charge >= 0.3 is 6.09 Å². The Morgan fingerprint density at radius 1 is 1.30 bits per heavy atom. The predicted molar refractivity (Wildman–Crippen MR) is 90.6 cm³/mol. The number of amides is 1. The molecule has 128 valence electrons. The van der Waals surface area contributed by atoms with Crippen molar-refractivity contribution in [2.75, 3.05) is 19.6 Å². The number of carbonyl (C=O) groups is 1. The van der Waals surface area contributed by atoms with Crippen LogP contribution in [0.15, 0.2) is 24.3 Å². The van der Waals surface area contributed by atoms with Gasteiger partial charge in [-0.05, 0) is 63.8 Å². The molecule has 0 spiro atoms. The third-order valence-corrected chi connectivity index (χ3v) is 4.43. The van der Waals surface area contributed by atoms with Crippen LogP contribution in [0.4, 0.5) is 4.79 Å². The van der Waals surface area contributed by atoms with E-state index in [0.717, 1.165) is 32.5 Å². The molecule has 0 bridgehead atoms. The van der Waals surface area contributed by atoms with Gasteiger partial charge in [0.1, 0.15) is 5.75 Å². The lowest BCUT2D eigenvalue weighted by molar-refractivity contribution is 0.0691. The minimum Gasteiger partial charge on any atom is -0.508 e. The van der Waals surface area contributed by atoms with Crippen LogP contribution in [0.5, 0.6) is 5.75 Å². The molecule has 1 heterocycles. The van der Waals surface area contributed by atoms with Crippen molar-refractivity contribution in [2.24, 2.45) is 5.92 Å². The Labute approximate surface area is 138 Å². The first-order valence-electron chi connectivity index (χ1n) is 8.26. The van der Waals surface area contributed by atoms with Crippen LogP contribution in [0.2, 0.25) is 0 Å². The molecule has 0 saturated carbocycles. The minimum absolute atomic E-state index is 0.285. The summed E-state index contributed by atoms with van der Waals surface area (Å²) in [6.07, 6.45) is 1.33. The van der Waals surface area contributed by atoms with Crippen molar-refractivity contribution in [2.45, 2.75) is 45.7 Å². The number of phenols is 1. The number of likely N-dealkylation sites (tertiary alicyclic amines) is 1. The van der Waals surface area contributed by atoms with Gasteiger partial charge in [-0.1, -0.05) is 12.1 Å². The molecule has 0 aromatic heterocycles. The van der Waals surface area contributed by atoms with Crippen LogP contribution in [0.25, 0.3) is 0 Å². The molecule has 1 aliphatic heterocycles. The topological polar surface area (TPSA) is 64.0 Å². The van der Waals surface area contributed by atoms with Crippen molar-refractivity contribution in [1.82, 2.24) is 9.80 Å². The lowest BCUT2D eigenvalue weighted by Crippen LogP contribution is -2.49. The first-order valence-corrected chi connectivity index (χ1v) is 8.26. The molecule has 1 aromatic carbocycles. The highest BCUT2D eigenvalue weighted by atomic mass is 16.4. The van der Waals surface area contributed by atoms with Crippen molar-refractivity contribution in [3.05, 3.63) is 29.8 Å². The van der Waals surface area contributed by atoms with Crippen LogP contribution < -0.4 is 0 Å². The van der Waals surface area contributed by atoms with Crippen molar-refractivity contribution in [1.29, 1.82) is 0 Å². The maximum absolute atomic E-state index is 11.5. The number of aromatic hydroxyl groups is 1. The van der Waals surface area contributed by atoms with Gasteiger partial charge in [0.25, 0.3) is 0 Å². The fourth-order valence-electron chi connectivity index (χ4n) is 3.20. The minimum atomic E-state index is -0.840. The molecule has 5 heteroatoms. The zero-order valence-electron chi connectivity index (χ0n) is 14.3.